The molecule has 102 valence electrons. The van der Waals surface area contributed by atoms with E-state index in [0.717, 1.165) is 24.6 Å². The quantitative estimate of drug-likeness (QED) is 0.810. The number of aromatic nitrogens is 2. The molecule has 1 N–H and O–H groups in total. The first-order valence-electron chi connectivity index (χ1n) is 7.03. The summed E-state index contributed by atoms with van der Waals surface area (Å²) in [5, 5.41) is 8.14. The average molecular weight is 251 g/mol. The lowest BCUT2D eigenvalue weighted by Gasteiger charge is -2.22. The third kappa shape index (κ3) is 2.69. The van der Waals surface area contributed by atoms with Crippen molar-refractivity contribution in [3.63, 3.8) is 0 Å². The standard InChI is InChI=1S/C14H25N3O/c1-5-8-15-13(11-6-7-11)14-12(18-4)9-16-17(14)10(2)3/h9-11,13,15H,5-8H2,1-4H3. The molecule has 1 saturated carbocycles. The van der Waals surface area contributed by atoms with Crippen molar-refractivity contribution < 1.29 is 4.74 Å². The molecule has 2 rings (SSSR count). The van der Waals surface area contributed by atoms with Gasteiger partial charge in [0.05, 0.1) is 25.0 Å². The van der Waals surface area contributed by atoms with E-state index < -0.39 is 0 Å². The maximum absolute atomic E-state index is 5.49. The van der Waals surface area contributed by atoms with Crippen LogP contribution in [-0.4, -0.2) is 23.4 Å². The van der Waals surface area contributed by atoms with Gasteiger partial charge in [-0.2, -0.15) is 5.10 Å². The Bertz CT molecular complexity index is 382. The molecular formula is C14H25N3O. The lowest BCUT2D eigenvalue weighted by molar-refractivity contribution is 0.370. The highest BCUT2D eigenvalue weighted by molar-refractivity contribution is 5.30. The third-order valence-corrected chi connectivity index (χ3v) is 3.51. The van der Waals surface area contributed by atoms with Crippen LogP contribution in [0.25, 0.3) is 0 Å². The molecule has 1 atom stereocenters. The molecule has 1 aliphatic carbocycles. The number of methoxy groups -OCH3 is 1. The van der Waals surface area contributed by atoms with E-state index >= 15 is 0 Å². The average Bonchev–Trinajstić information content (AvgIpc) is 3.08. The van der Waals surface area contributed by atoms with Crippen molar-refractivity contribution in [2.45, 2.75) is 52.1 Å². The van der Waals surface area contributed by atoms with Crippen LogP contribution < -0.4 is 10.1 Å². The zero-order valence-corrected chi connectivity index (χ0v) is 11.9. The van der Waals surface area contributed by atoms with Crippen LogP contribution in [0.1, 0.15) is 57.8 Å². The van der Waals surface area contributed by atoms with Crippen molar-refractivity contribution in [2.24, 2.45) is 5.92 Å². The summed E-state index contributed by atoms with van der Waals surface area (Å²) in [6.07, 6.45) is 5.63. The number of nitrogens with one attached hydrogen (secondary N) is 1. The van der Waals surface area contributed by atoms with Gasteiger partial charge in [-0.3, -0.25) is 4.68 Å². The second kappa shape index (κ2) is 5.74. The molecule has 1 unspecified atom stereocenters. The summed E-state index contributed by atoms with van der Waals surface area (Å²) in [5.74, 6) is 1.67. The molecule has 18 heavy (non-hydrogen) atoms. The highest BCUT2D eigenvalue weighted by Crippen LogP contribution is 2.44. The lowest BCUT2D eigenvalue weighted by Crippen LogP contribution is -2.27. The monoisotopic (exact) mass is 251 g/mol. The summed E-state index contributed by atoms with van der Waals surface area (Å²) in [5.41, 5.74) is 1.23. The number of hydrogen-bond donors (Lipinski definition) is 1. The topological polar surface area (TPSA) is 39.1 Å². The van der Waals surface area contributed by atoms with Crippen LogP contribution in [0, 0.1) is 5.92 Å². The van der Waals surface area contributed by atoms with Crippen LogP contribution >= 0.6 is 0 Å². The van der Waals surface area contributed by atoms with E-state index in [1.165, 1.54) is 18.5 Å². The van der Waals surface area contributed by atoms with Crippen molar-refractivity contribution in [1.82, 2.24) is 15.1 Å². The first-order valence-corrected chi connectivity index (χ1v) is 7.03. The molecule has 0 radical (unpaired) electrons. The summed E-state index contributed by atoms with van der Waals surface area (Å²) in [6, 6.07) is 0.762. The van der Waals surface area contributed by atoms with E-state index in [-0.39, 0.29) is 0 Å². The van der Waals surface area contributed by atoms with Crippen LogP contribution in [0.5, 0.6) is 5.75 Å². The molecule has 4 heteroatoms. The number of nitrogens with zero attached hydrogens (tertiary/aromatic N) is 2. The van der Waals surface area contributed by atoms with Gasteiger partial charge in [0.15, 0.2) is 5.75 Å². The van der Waals surface area contributed by atoms with Crippen LogP contribution in [0.2, 0.25) is 0 Å². The van der Waals surface area contributed by atoms with Crippen LogP contribution in [0.4, 0.5) is 0 Å². The maximum Gasteiger partial charge on any atom is 0.161 e. The normalized spacial score (nSPS) is 17.2. The Morgan fingerprint density at radius 1 is 1.50 bits per heavy atom. The van der Waals surface area contributed by atoms with Crippen molar-refractivity contribution in [1.29, 1.82) is 0 Å². The zero-order valence-electron chi connectivity index (χ0n) is 11.9. The van der Waals surface area contributed by atoms with Gasteiger partial charge >= 0.3 is 0 Å². The minimum absolute atomic E-state index is 0.369. The number of hydrogen-bond acceptors (Lipinski definition) is 3. The zero-order chi connectivity index (χ0) is 13.1. The Kier molecular flexibility index (Phi) is 4.27. The first kappa shape index (κ1) is 13.4. The molecule has 0 spiro atoms. The fourth-order valence-corrected chi connectivity index (χ4v) is 2.44. The second-order valence-electron chi connectivity index (χ2n) is 5.41. The molecule has 1 aromatic heterocycles. The molecule has 0 saturated heterocycles. The summed E-state index contributed by atoms with van der Waals surface area (Å²) < 4.78 is 7.59. The highest BCUT2D eigenvalue weighted by Gasteiger charge is 2.36. The van der Waals surface area contributed by atoms with Gasteiger partial charge in [-0.15, -0.1) is 0 Å². The molecule has 0 aromatic carbocycles. The SMILES string of the molecule is CCCNC(c1c(OC)cnn1C(C)C)C1CC1. The number of ether oxygens (including phenoxy) is 1. The van der Waals surface area contributed by atoms with Crippen molar-refractivity contribution in [2.75, 3.05) is 13.7 Å². The van der Waals surface area contributed by atoms with Gasteiger partial charge in [-0.25, -0.2) is 0 Å². The predicted octanol–water partition coefficient (Wildman–Crippen LogP) is 2.92. The van der Waals surface area contributed by atoms with E-state index in [1.807, 2.05) is 6.20 Å². The van der Waals surface area contributed by atoms with Gasteiger partial charge in [-0.1, -0.05) is 6.92 Å². The Balaban J connectivity index is 2.28. The largest absolute Gasteiger partial charge is 0.493 e. The predicted molar refractivity (Wildman–Crippen MR) is 72.9 cm³/mol. The van der Waals surface area contributed by atoms with Gasteiger partial charge < -0.3 is 10.1 Å². The molecule has 1 heterocycles. The third-order valence-electron chi connectivity index (χ3n) is 3.51. The first-order chi connectivity index (χ1) is 8.69. The summed E-state index contributed by atoms with van der Waals surface area (Å²) in [4.78, 5) is 0. The Hall–Kier alpha value is -1.03. The van der Waals surface area contributed by atoms with E-state index in [2.05, 4.69) is 35.9 Å². The molecule has 0 bridgehead atoms. The van der Waals surface area contributed by atoms with E-state index in [0.29, 0.717) is 12.1 Å². The van der Waals surface area contributed by atoms with E-state index in [9.17, 15) is 0 Å². The number of rotatable bonds is 7. The van der Waals surface area contributed by atoms with Crippen LogP contribution in [0.3, 0.4) is 0 Å². The molecule has 0 amide bonds. The molecular weight excluding hydrogens is 226 g/mol. The highest BCUT2D eigenvalue weighted by atomic mass is 16.5. The van der Waals surface area contributed by atoms with Crippen LogP contribution in [-0.2, 0) is 0 Å². The fourth-order valence-electron chi connectivity index (χ4n) is 2.44. The minimum atomic E-state index is 0.369. The smallest absolute Gasteiger partial charge is 0.161 e. The lowest BCUT2D eigenvalue weighted by atomic mass is 10.1. The summed E-state index contributed by atoms with van der Waals surface area (Å²) in [6.45, 7) is 7.58. The van der Waals surface area contributed by atoms with Crippen LogP contribution in [0.15, 0.2) is 6.20 Å². The molecule has 1 fully saturated rings. The molecule has 0 aliphatic heterocycles. The van der Waals surface area contributed by atoms with Crippen molar-refractivity contribution in [3.05, 3.63) is 11.9 Å². The van der Waals surface area contributed by atoms with Gasteiger partial charge in [0.25, 0.3) is 0 Å². The molecule has 4 nitrogen and oxygen atoms in total. The Labute approximate surface area is 110 Å². The second-order valence-corrected chi connectivity index (χ2v) is 5.41. The maximum atomic E-state index is 5.49. The fraction of sp³-hybridized carbons (Fsp3) is 0.786. The van der Waals surface area contributed by atoms with Crippen molar-refractivity contribution >= 4 is 0 Å². The van der Waals surface area contributed by atoms with Gasteiger partial charge in [0, 0.05) is 6.04 Å². The Morgan fingerprint density at radius 2 is 2.22 bits per heavy atom. The van der Waals surface area contributed by atoms with Gasteiger partial charge in [-0.05, 0) is 45.6 Å². The van der Waals surface area contributed by atoms with Gasteiger partial charge in [0.2, 0.25) is 0 Å². The summed E-state index contributed by atoms with van der Waals surface area (Å²) >= 11 is 0. The molecule has 1 aliphatic rings. The van der Waals surface area contributed by atoms with E-state index in [4.69, 9.17) is 4.74 Å². The van der Waals surface area contributed by atoms with Crippen molar-refractivity contribution in [3.8, 4) is 5.75 Å². The van der Waals surface area contributed by atoms with E-state index in [1.54, 1.807) is 7.11 Å². The van der Waals surface area contributed by atoms with Gasteiger partial charge in [0.1, 0.15) is 0 Å². The summed E-state index contributed by atoms with van der Waals surface area (Å²) in [7, 11) is 1.73. The Morgan fingerprint density at radius 3 is 2.72 bits per heavy atom. The molecule has 1 aromatic rings. The minimum Gasteiger partial charge on any atom is -0.493 e.